The Bertz CT molecular complexity index is 721. The van der Waals surface area contributed by atoms with E-state index in [0.717, 1.165) is 18.3 Å². The molecule has 3 heteroatoms. The Morgan fingerprint density at radius 1 is 1.03 bits per heavy atom. The highest BCUT2D eigenvalue weighted by atomic mass is 16.5. The standard InChI is InChI=1S/C26H38O3/c1-18(27)28-17-26-15-6-5-7-19(26)10-11-21-22-12-13-24(29-20-8-3-4-9-20)25(22,2)16-14-23(21)26/h7-8,21-24H,3-6,9-17H2,1-2H3/t21-,22-,23-,24-,25-,26+/m0/s1. The summed E-state index contributed by atoms with van der Waals surface area (Å²) in [6, 6.07) is 0. The number of hydrogen-bond acceptors (Lipinski definition) is 3. The third kappa shape index (κ3) is 3.18. The molecule has 0 spiro atoms. The van der Waals surface area contributed by atoms with E-state index >= 15 is 0 Å². The zero-order valence-corrected chi connectivity index (χ0v) is 18.4. The van der Waals surface area contributed by atoms with Crippen LogP contribution in [-0.4, -0.2) is 18.7 Å². The Balaban J connectivity index is 1.40. The number of carbonyl (C=O) groups excluding carboxylic acids is 1. The summed E-state index contributed by atoms with van der Waals surface area (Å²) < 4.78 is 12.3. The summed E-state index contributed by atoms with van der Waals surface area (Å²) in [6.07, 6.45) is 20.1. The summed E-state index contributed by atoms with van der Waals surface area (Å²) >= 11 is 0. The monoisotopic (exact) mass is 398 g/mol. The van der Waals surface area contributed by atoms with Crippen LogP contribution in [0, 0.1) is 28.6 Å². The van der Waals surface area contributed by atoms with E-state index in [2.05, 4.69) is 19.1 Å². The zero-order valence-electron chi connectivity index (χ0n) is 18.4. The molecule has 0 aliphatic heterocycles. The molecule has 0 aromatic heterocycles. The predicted molar refractivity (Wildman–Crippen MR) is 114 cm³/mol. The maximum absolute atomic E-state index is 11.7. The largest absolute Gasteiger partial charge is 0.495 e. The topological polar surface area (TPSA) is 35.5 Å². The molecule has 3 fully saturated rings. The van der Waals surface area contributed by atoms with E-state index in [1.165, 1.54) is 76.4 Å². The Morgan fingerprint density at radius 3 is 2.69 bits per heavy atom. The number of ether oxygens (including phenoxy) is 2. The summed E-state index contributed by atoms with van der Waals surface area (Å²) in [6.45, 7) is 4.72. The molecule has 0 unspecified atom stereocenters. The Hall–Kier alpha value is -1.25. The van der Waals surface area contributed by atoms with Gasteiger partial charge in [0.15, 0.2) is 0 Å². The molecule has 29 heavy (non-hydrogen) atoms. The van der Waals surface area contributed by atoms with Gasteiger partial charge in [-0.05, 0) is 94.5 Å². The summed E-state index contributed by atoms with van der Waals surface area (Å²) in [5.74, 6) is 3.37. The van der Waals surface area contributed by atoms with Crippen LogP contribution >= 0.6 is 0 Å². The molecule has 0 aromatic carbocycles. The van der Waals surface area contributed by atoms with Crippen molar-refractivity contribution in [3.8, 4) is 0 Å². The van der Waals surface area contributed by atoms with E-state index in [9.17, 15) is 4.79 Å². The second kappa shape index (κ2) is 7.46. The lowest BCUT2D eigenvalue weighted by molar-refractivity contribution is -0.150. The summed E-state index contributed by atoms with van der Waals surface area (Å²) in [5, 5.41) is 0. The molecule has 0 saturated heterocycles. The molecule has 5 aliphatic rings. The Kier molecular flexibility index (Phi) is 5.07. The molecule has 6 atom stereocenters. The van der Waals surface area contributed by atoms with Gasteiger partial charge in [0.2, 0.25) is 0 Å². The van der Waals surface area contributed by atoms with Gasteiger partial charge in [-0.2, -0.15) is 0 Å². The molecule has 5 rings (SSSR count). The van der Waals surface area contributed by atoms with Crippen molar-refractivity contribution < 1.29 is 14.3 Å². The minimum absolute atomic E-state index is 0.119. The van der Waals surface area contributed by atoms with Crippen molar-refractivity contribution >= 4 is 5.97 Å². The number of carbonyl (C=O) groups is 1. The summed E-state index contributed by atoms with van der Waals surface area (Å²) in [5.41, 5.74) is 2.07. The number of fused-ring (bicyclic) bond motifs is 5. The van der Waals surface area contributed by atoms with E-state index in [4.69, 9.17) is 9.47 Å². The maximum Gasteiger partial charge on any atom is 0.302 e. The molecule has 0 bridgehead atoms. The minimum Gasteiger partial charge on any atom is -0.495 e. The van der Waals surface area contributed by atoms with Crippen LogP contribution in [0.5, 0.6) is 0 Å². The third-order valence-electron chi connectivity index (χ3n) is 9.49. The minimum atomic E-state index is -0.119. The van der Waals surface area contributed by atoms with Gasteiger partial charge in [-0.1, -0.05) is 18.6 Å². The van der Waals surface area contributed by atoms with Crippen molar-refractivity contribution in [2.24, 2.45) is 28.6 Å². The first-order valence-corrected chi connectivity index (χ1v) is 12.2. The van der Waals surface area contributed by atoms with Gasteiger partial charge in [0.05, 0.1) is 5.76 Å². The molecule has 160 valence electrons. The quantitative estimate of drug-likeness (QED) is 0.410. The fourth-order valence-electron chi connectivity index (χ4n) is 8.11. The van der Waals surface area contributed by atoms with Gasteiger partial charge >= 0.3 is 5.97 Å². The summed E-state index contributed by atoms with van der Waals surface area (Å²) in [4.78, 5) is 11.7. The molecule has 0 heterocycles. The summed E-state index contributed by atoms with van der Waals surface area (Å²) in [7, 11) is 0. The van der Waals surface area contributed by atoms with Crippen molar-refractivity contribution in [2.75, 3.05) is 6.61 Å². The normalized spacial score (nSPS) is 43.5. The molecule has 0 amide bonds. The highest BCUT2D eigenvalue weighted by Crippen LogP contribution is 2.66. The van der Waals surface area contributed by atoms with Crippen molar-refractivity contribution in [3.05, 3.63) is 23.5 Å². The van der Waals surface area contributed by atoms with Crippen LogP contribution in [0.3, 0.4) is 0 Å². The van der Waals surface area contributed by atoms with Gasteiger partial charge in [-0.3, -0.25) is 4.79 Å². The smallest absolute Gasteiger partial charge is 0.302 e. The van der Waals surface area contributed by atoms with E-state index in [-0.39, 0.29) is 11.4 Å². The zero-order chi connectivity index (χ0) is 20.1. The highest BCUT2D eigenvalue weighted by Gasteiger charge is 2.60. The first-order chi connectivity index (χ1) is 14.0. The number of esters is 1. The molecule has 0 aromatic rings. The highest BCUT2D eigenvalue weighted by molar-refractivity contribution is 5.66. The first kappa shape index (κ1) is 19.7. The van der Waals surface area contributed by atoms with Crippen molar-refractivity contribution in [2.45, 2.75) is 97.0 Å². The van der Waals surface area contributed by atoms with Crippen LogP contribution < -0.4 is 0 Å². The van der Waals surface area contributed by atoms with E-state index in [1.54, 1.807) is 12.5 Å². The first-order valence-electron chi connectivity index (χ1n) is 12.2. The van der Waals surface area contributed by atoms with E-state index in [1.807, 2.05) is 0 Å². The molecular formula is C26H38O3. The van der Waals surface area contributed by atoms with Crippen LogP contribution in [0.25, 0.3) is 0 Å². The maximum atomic E-state index is 11.7. The lowest BCUT2D eigenvalue weighted by atomic mass is 9.47. The average molecular weight is 399 g/mol. The molecular weight excluding hydrogens is 360 g/mol. The fraction of sp³-hybridized carbons (Fsp3) is 0.808. The lowest BCUT2D eigenvalue weighted by Crippen LogP contribution is -2.53. The molecule has 3 saturated carbocycles. The van der Waals surface area contributed by atoms with Crippen molar-refractivity contribution in [1.82, 2.24) is 0 Å². The number of rotatable bonds is 4. The van der Waals surface area contributed by atoms with Crippen LogP contribution in [0.15, 0.2) is 23.5 Å². The molecule has 0 N–H and O–H groups in total. The van der Waals surface area contributed by atoms with Crippen molar-refractivity contribution in [1.29, 1.82) is 0 Å². The second-order valence-corrected chi connectivity index (χ2v) is 10.8. The molecule has 5 aliphatic carbocycles. The van der Waals surface area contributed by atoms with Gasteiger partial charge in [0, 0.05) is 24.2 Å². The third-order valence-corrected chi connectivity index (χ3v) is 9.49. The fourth-order valence-corrected chi connectivity index (χ4v) is 8.11. The average Bonchev–Trinajstić information content (AvgIpc) is 3.34. The molecule has 0 radical (unpaired) electrons. The van der Waals surface area contributed by atoms with Crippen molar-refractivity contribution in [3.63, 3.8) is 0 Å². The number of hydrogen-bond donors (Lipinski definition) is 0. The van der Waals surface area contributed by atoms with Gasteiger partial charge in [0.1, 0.15) is 12.7 Å². The van der Waals surface area contributed by atoms with Gasteiger partial charge in [0.25, 0.3) is 0 Å². The lowest BCUT2D eigenvalue weighted by Gasteiger charge is -2.58. The predicted octanol–water partition coefficient (Wildman–Crippen LogP) is 6.34. The SMILES string of the molecule is CC(=O)OC[C@]12CCCC=C1CC[C@@H]1[C@@H]2CC[C@]2(C)[C@@H](OC3=CCCC3)CC[C@@H]12. The Labute approximate surface area is 176 Å². The van der Waals surface area contributed by atoms with Crippen LogP contribution in [-0.2, 0) is 14.3 Å². The van der Waals surface area contributed by atoms with Crippen LogP contribution in [0.2, 0.25) is 0 Å². The van der Waals surface area contributed by atoms with Gasteiger partial charge in [-0.25, -0.2) is 0 Å². The number of allylic oxidation sites excluding steroid dienone is 3. The van der Waals surface area contributed by atoms with Crippen LogP contribution in [0.1, 0.15) is 90.9 Å². The van der Waals surface area contributed by atoms with Crippen LogP contribution in [0.4, 0.5) is 0 Å². The van der Waals surface area contributed by atoms with Gasteiger partial charge in [-0.15, -0.1) is 0 Å². The Morgan fingerprint density at radius 2 is 1.90 bits per heavy atom. The van der Waals surface area contributed by atoms with Gasteiger partial charge < -0.3 is 9.47 Å². The molecule has 3 nitrogen and oxygen atoms in total. The second-order valence-electron chi connectivity index (χ2n) is 10.8. The van der Waals surface area contributed by atoms with E-state index in [0.29, 0.717) is 24.0 Å². The van der Waals surface area contributed by atoms with E-state index < -0.39 is 0 Å².